The van der Waals surface area contributed by atoms with Crippen LogP contribution in [0.3, 0.4) is 0 Å². The molecule has 0 aliphatic carbocycles. The minimum absolute atomic E-state index is 0.830. The smallest absolute Gasteiger partial charge is 0.0843 e. The molecule has 0 amide bonds. The summed E-state index contributed by atoms with van der Waals surface area (Å²) < 4.78 is 2.27. The van der Waals surface area contributed by atoms with Crippen molar-refractivity contribution in [2.24, 2.45) is 0 Å². The van der Waals surface area contributed by atoms with Crippen molar-refractivity contribution in [2.75, 3.05) is 0 Å². The molecule has 0 spiro atoms. The Morgan fingerprint density at radius 3 is 2.80 bits per heavy atom. The fourth-order valence-electron chi connectivity index (χ4n) is 1.12. The van der Waals surface area contributed by atoms with E-state index < -0.39 is 0 Å². The molecule has 0 atom stereocenters. The van der Waals surface area contributed by atoms with Crippen LogP contribution in [-0.2, 0) is 13.1 Å². The van der Waals surface area contributed by atoms with Crippen LogP contribution in [0.25, 0.3) is 0 Å². The van der Waals surface area contributed by atoms with Crippen LogP contribution in [0, 0.1) is 0 Å². The van der Waals surface area contributed by atoms with Gasteiger partial charge < -0.3 is 5.32 Å². The lowest BCUT2D eigenvalue weighted by Crippen LogP contribution is -2.11. The number of nitrogens with zero attached hydrogens (tertiary/aromatic N) is 1. The zero-order chi connectivity index (χ0) is 10.7. The summed E-state index contributed by atoms with van der Waals surface area (Å²) in [4.78, 5) is 5.52. The lowest BCUT2D eigenvalue weighted by atomic mass is 10.4. The van der Waals surface area contributed by atoms with Gasteiger partial charge in [0.15, 0.2) is 0 Å². The summed E-state index contributed by atoms with van der Waals surface area (Å²) in [6, 6.07) is 2.13. The summed E-state index contributed by atoms with van der Waals surface area (Å²) in [5.74, 6) is 0. The van der Waals surface area contributed by atoms with E-state index in [1.807, 2.05) is 5.51 Å². The zero-order valence-electron chi connectivity index (χ0n) is 7.67. The van der Waals surface area contributed by atoms with E-state index in [9.17, 15) is 0 Å². The third kappa shape index (κ3) is 3.35. The van der Waals surface area contributed by atoms with Gasteiger partial charge in [0.25, 0.3) is 0 Å². The molecule has 0 bridgehead atoms. The molecule has 80 valence electrons. The van der Waals surface area contributed by atoms with Crippen LogP contribution in [0.2, 0.25) is 0 Å². The highest BCUT2D eigenvalue weighted by Crippen LogP contribution is 2.32. The first-order valence-electron chi connectivity index (χ1n) is 4.27. The molecule has 2 aromatic heterocycles. The van der Waals surface area contributed by atoms with Gasteiger partial charge in [-0.1, -0.05) is 0 Å². The Bertz CT molecular complexity index is 406. The minimum Gasteiger partial charge on any atom is -0.306 e. The molecule has 6 heteroatoms. The van der Waals surface area contributed by atoms with Crippen LogP contribution in [-0.4, -0.2) is 4.98 Å². The maximum atomic E-state index is 4.21. The number of aromatic nitrogens is 1. The highest BCUT2D eigenvalue weighted by atomic mass is 79.9. The van der Waals surface area contributed by atoms with Crippen molar-refractivity contribution >= 4 is 54.5 Å². The molecule has 1 N–H and O–H groups in total. The molecule has 0 radical (unpaired) electrons. The molecule has 2 heterocycles. The summed E-state index contributed by atoms with van der Waals surface area (Å²) in [7, 11) is 0. The number of halogens is 2. The second-order valence-corrected chi connectivity index (χ2v) is 6.95. The van der Waals surface area contributed by atoms with Gasteiger partial charge in [0.2, 0.25) is 0 Å². The van der Waals surface area contributed by atoms with Gasteiger partial charge in [0.1, 0.15) is 0 Å². The van der Waals surface area contributed by atoms with Crippen LogP contribution >= 0.6 is 54.5 Å². The fraction of sp³-hybridized carbons (Fsp3) is 0.222. The van der Waals surface area contributed by atoms with Crippen LogP contribution < -0.4 is 5.32 Å². The average molecular weight is 368 g/mol. The number of hydrogen-bond acceptors (Lipinski definition) is 4. The quantitative estimate of drug-likeness (QED) is 0.882. The van der Waals surface area contributed by atoms with Gasteiger partial charge in [-0.3, -0.25) is 0 Å². The maximum absolute atomic E-state index is 4.21. The standard InChI is InChI=1S/C9H8Br2N2S2/c10-8-1-7(15-9(8)11)3-12-2-6-4-14-5-13-6/h1,4-5,12H,2-3H2. The molecule has 0 saturated heterocycles. The minimum atomic E-state index is 0.830. The molecule has 0 saturated carbocycles. The highest BCUT2D eigenvalue weighted by Gasteiger charge is 2.03. The van der Waals surface area contributed by atoms with E-state index in [1.165, 1.54) is 4.88 Å². The first-order valence-corrected chi connectivity index (χ1v) is 7.61. The van der Waals surface area contributed by atoms with E-state index in [0.717, 1.165) is 27.0 Å². The van der Waals surface area contributed by atoms with Gasteiger partial charge in [-0.15, -0.1) is 22.7 Å². The normalized spacial score (nSPS) is 10.8. The van der Waals surface area contributed by atoms with Crippen LogP contribution in [0.1, 0.15) is 10.6 Å². The van der Waals surface area contributed by atoms with E-state index in [4.69, 9.17) is 0 Å². The third-order valence-corrected chi connectivity index (χ3v) is 5.68. The van der Waals surface area contributed by atoms with Gasteiger partial charge in [0, 0.05) is 27.8 Å². The average Bonchev–Trinajstić information content (AvgIpc) is 2.79. The lowest BCUT2D eigenvalue weighted by Gasteiger charge is -1.98. The number of thiazole rings is 1. The SMILES string of the molecule is Brc1cc(CNCc2cscn2)sc1Br. The molecule has 2 rings (SSSR count). The number of thiophene rings is 1. The first kappa shape index (κ1) is 11.7. The molecule has 0 unspecified atom stereocenters. The molecular weight excluding hydrogens is 360 g/mol. The van der Waals surface area contributed by atoms with E-state index in [1.54, 1.807) is 22.7 Å². The van der Waals surface area contributed by atoms with E-state index in [-0.39, 0.29) is 0 Å². The Balaban J connectivity index is 1.83. The maximum Gasteiger partial charge on any atom is 0.0843 e. The number of hydrogen-bond donors (Lipinski definition) is 1. The monoisotopic (exact) mass is 366 g/mol. The summed E-state index contributed by atoms with van der Waals surface area (Å²) >= 11 is 10.3. The van der Waals surface area contributed by atoms with Crippen molar-refractivity contribution in [3.05, 3.63) is 35.8 Å². The summed E-state index contributed by atoms with van der Waals surface area (Å²) in [6.07, 6.45) is 0. The Morgan fingerprint density at radius 1 is 1.33 bits per heavy atom. The van der Waals surface area contributed by atoms with E-state index in [0.29, 0.717) is 0 Å². The molecular formula is C9H8Br2N2S2. The second kappa shape index (κ2) is 5.54. The summed E-state index contributed by atoms with van der Waals surface area (Å²) in [6.45, 7) is 1.71. The van der Waals surface area contributed by atoms with Gasteiger partial charge in [-0.2, -0.15) is 0 Å². The number of rotatable bonds is 4. The predicted octanol–water partition coefficient (Wildman–Crippen LogP) is 4.02. The first-order chi connectivity index (χ1) is 7.25. The Hall–Kier alpha value is 0.250. The molecule has 2 aromatic rings. The van der Waals surface area contributed by atoms with Crippen molar-refractivity contribution in [1.82, 2.24) is 10.3 Å². The van der Waals surface area contributed by atoms with E-state index in [2.05, 4.69) is 53.6 Å². The van der Waals surface area contributed by atoms with Gasteiger partial charge in [-0.25, -0.2) is 4.98 Å². The van der Waals surface area contributed by atoms with Gasteiger partial charge in [-0.05, 0) is 37.9 Å². The van der Waals surface area contributed by atoms with E-state index >= 15 is 0 Å². The summed E-state index contributed by atoms with van der Waals surface area (Å²) in [5, 5.41) is 5.42. The van der Waals surface area contributed by atoms with Crippen molar-refractivity contribution in [2.45, 2.75) is 13.1 Å². The molecule has 0 aliphatic rings. The van der Waals surface area contributed by atoms with Crippen LogP contribution in [0.5, 0.6) is 0 Å². The topological polar surface area (TPSA) is 24.9 Å². The Morgan fingerprint density at radius 2 is 2.20 bits per heavy atom. The fourth-order valence-corrected chi connectivity index (χ4v) is 3.82. The molecule has 15 heavy (non-hydrogen) atoms. The molecule has 2 nitrogen and oxygen atoms in total. The third-order valence-electron chi connectivity index (χ3n) is 1.78. The van der Waals surface area contributed by atoms with Crippen LogP contribution in [0.4, 0.5) is 0 Å². The van der Waals surface area contributed by atoms with Crippen molar-refractivity contribution in [1.29, 1.82) is 0 Å². The number of nitrogens with one attached hydrogen (secondary N) is 1. The summed E-state index contributed by atoms with van der Waals surface area (Å²) in [5.41, 5.74) is 2.96. The zero-order valence-corrected chi connectivity index (χ0v) is 12.5. The predicted molar refractivity (Wildman–Crippen MR) is 72.4 cm³/mol. The van der Waals surface area contributed by atoms with Crippen molar-refractivity contribution < 1.29 is 0 Å². The Kier molecular flexibility index (Phi) is 4.33. The largest absolute Gasteiger partial charge is 0.306 e. The van der Waals surface area contributed by atoms with Crippen LogP contribution in [0.15, 0.2) is 25.2 Å². The molecule has 0 aliphatic heterocycles. The van der Waals surface area contributed by atoms with Gasteiger partial charge >= 0.3 is 0 Å². The van der Waals surface area contributed by atoms with Gasteiger partial charge in [0.05, 0.1) is 15.0 Å². The molecule has 0 aromatic carbocycles. The molecule has 0 fully saturated rings. The lowest BCUT2D eigenvalue weighted by molar-refractivity contribution is 0.689. The highest BCUT2D eigenvalue weighted by molar-refractivity contribution is 9.13. The van der Waals surface area contributed by atoms with Crippen molar-refractivity contribution in [3.63, 3.8) is 0 Å². The second-order valence-electron chi connectivity index (χ2n) is 2.92. The Labute approximate surface area is 113 Å². The van der Waals surface area contributed by atoms with Crippen molar-refractivity contribution in [3.8, 4) is 0 Å².